The van der Waals surface area contributed by atoms with Crippen molar-refractivity contribution in [3.05, 3.63) is 72.9 Å². The minimum absolute atomic E-state index is 0.00412. The summed E-state index contributed by atoms with van der Waals surface area (Å²) in [4.78, 5) is 25.1. The van der Waals surface area contributed by atoms with Crippen LogP contribution in [0.2, 0.25) is 0 Å². The Morgan fingerprint density at radius 3 is 1.25 bits per heavy atom. The van der Waals surface area contributed by atoms with Gasteiger partial charge in [-0.25, -0.2) is 0 Å². The van der Waals surface area contributed by atoms with Gasteiger partial charge >= 0.3 is 5.97 Å². The van der Waals surface area contributed by atoms with Crippen LogP contribution in [0.4, 0.5) is 0 Å². The molecule has 1 amide bonds. The quantitative estimate of drug-likeness (QED) is 0.0195. The number of hydrogen-bond donors (Lipinski definition) is 6. The second-order valence-electron chi connectivity index (χ2n) is 26.0. The van der Waals surface area contributed by atoms with E-state index in [1.165, 1.54) is 250 Å². The highest BCUT2D eigenvalue weighted by atomic mass is 16.7. The summed E-state index contributed by atoms with van der Waals surface area (Å²) in [6.45, 7) is 4.11. The third-order valence-corrected chi connectivity index (χ3v) is 17.6. The fourth-order valence-electron chi connectivity index (χ4n) is 11.7. The predicted octanol–water partition coefficient (Wildman–Crippen LogP) is 19.9. The van der Waals surface area contributed by atoms with E-state index in [0.29, 0.717) is 19.4 Å². The molecule has 89 heavy (non-hydrogen) atoms. The van der Waals surface area contributed by atoms with Gasteiger partial charge in [0.15, 0.2) is 6.29 Å². The van der Waals surface area contributed by atoms with E-state index in [0.717, 1.165) is 70.6 Å². The second-order valence-corrected chi connectivity index (χ2v) is 26.0. The van der Waals surface area contributed by atoms with Gasteiger partial charge in [0.1, 0.15) is 24.4 Å². The van der Waals surface area contributed by atoms with Gasteiger partial charge in [-0.2, -0.15) is 0 Å². The van der Waals surface area contributed by atoms with Gasteiger partial charge in [-0.05, 0) is 110 Å². The first-order chi connectivity index (χ1) is 43.7. The van der Waals surface area contributed by atoms with Crippen molar-refractivity contribution in [3.8, 4) is 0 Å². The molecular weight excluding hydrogens is 1110 g/mol. The van der Waals surface area contributed by atoms with Crippen molar-refractivity contribution in [2.24, 2.45) is 0 Å². The number of aliphatic hydroxyl groups excluding tert-OH is 5. The normalized spacial score (nSPS) is 18.1. The lowest BCUT2D eigenvalue weighted by atomic mass is 9.99. The van der Waals surface area contributed by atoms with E-state index in [1.807, 2.05) is 19.1 Å². The zero-order valence-corrected chi connectivity index (χ0v) is 57.6. The molecule has 7 atom stereocenters. The molecule has 0 aromatic rings. The van der Waals surface area contributed by atoms with Gasteiger partial charge in [0.05, 0.1) is 32.0 Å². The Morgan fingerprint density at radius 1 is 0.438 bits per heavy atom. The highest BCUT2D eigenvalue weighted by Gasteiger charge is 2.44. The molecular formula is C78H141NO10. The Bertz CT molecular complexity index is 1710. The van der Waals surface area contributed by atoms with Gasteiger partial charge < -0.3 is 45.1 Å². The summed E-state index contributed by atoms with van der Waals surface area (Å²) in [6.07, 6.45) is 81.1. The molecule has 0 aromatic heterocycles. The van der Waals surface area contributed by atoms with E-state index in [9.17, 15) is 35.1 Å². The van der Waals surface area contributed by atoms with Gasteiger partial charge in [-0.1, -0.05) is 298 Å². The van der Waals surface area contributed by atoms with Crippen LogP contribution in [0.25, 0.3) is 0 Å². The van der Waals surface area contributed by atoms with Crippen molar-refractivity contribution in [2.75, 3.05) is 19.8 Å². The van der Waals surface area contributed by atoms with Crippen LogP contribution in [-0.4, -0.2) is 100 Å². The number of nitrogens with one attached hydrogen (secondary N) is 1. The first-order valence-electron chi connectivity index (χ1n) is 37.7. The van der Waals surface area contributed by atoms with Crippen LogP contribution < -0.4 is 5.32 Å². The molecule has 6 N–H and O–H groups in total. The molecule has 0 saturated carbocycles. The monoisotopic (exact) mass is 1250 g/mol. The fourth-order valence-corrected chi connectivity index (χ4v) is 11.7. The smallest absolute Gasteiger partial charge is 0.305 e. The second kappa shape index (κ2) is 66.6. The first-order valence-corrected chi connectivity index (χ1v) is 37.7. The van der Waals surface area contributed by atoms with E-state index < -0.39 is 49.5 Å². The number of aliphatic hydroxyl groups is 5. The zero-order chi connectivity index (χ0) is 64.4. The maximum Gasteiger partial charge on any atom is 0.305 e. The molecule has 1 heterocycles. The number of carbonyl (C=O) groups is 2. The first kappa shape index (κ1) is 84.1. The summed E-state index contributed by atoms with van der Waals surface area (Å²) in [6, 6.07) is -0.832. The molecule has 0 aromatic carbocycles. The molecule has 0 radical (unpaired) electrons. The largest absolute Gasteiger partial charge is 0.466 e. The average molecular weight is 1250 g/mol. The number of hydrogen-bond acceptors (Lipinski definition) is 10. The van der Waals surface area contributed by atoms with E-state index in [-0.39, 0.29) is 18.5 Å². The maximum absolute atomic E-state index is 13.0. The van der Waals surface area contributed by atoms with Gasteiger partial charge in [-0.3, -0.25) is 9.59 Å². The van der Waals surface area contributed by atoms with E-state index >= 15 is 0 Å². The highest BCUT2D eigenvalue weighted by molar-refractivity contribution is 5.76. The molecule has 518 valence electrons. The topological polar surface area (TPSA) is 175 Å². The molecule has 1 saturated heterocycles. The molecule has 1 aliphatic rings. The van der Waals surface area contributed by atoms with Crippen LogP contribution in [0.3, 0.4) is 0 Å². The van der Waals surface area contributed by atoms with Crippen LogP contribution in [0.5, 0.6) is 0 Å². The molecule has 1 rings (SSSR count). The number of allylic oxidation sites excluding steroid dienone is 11. The number of ether oxygens (including phenoxy) is 3. The molecule has 0 spiro atoms. The van der Waals surface area contributed by atoms with Gasteiger partial charge in [0, 0.05) is 12.8 Å². The fraction of sp³-hybridized carbons (Fsp3) is 0.821. The molecule has 0 aliphatic carbocycles. The Labute approximate surface area is 547 Å². The lowest BCUT2D eigenvalue weighted by Crippen LogP contribution is -2.60. The van der Waals surface area contributed by atoms with Crippen LogP contribution in [-0.2, 0) is 23.8 Å². The highest BCUT2D eigenvalue weighted by Crippen LogP contribution is 2.23. The third-order valence-electron chi connectivity index (χ3n) is 17.6. The van der Waals surface area contributed by atoms with Crippen molar-refractivity contribution in [2.45, 2.75) is 391 Å². The summed E-state index contributed by atoms with van der Waals surface area (Å²) in [7, 11) is 0. The molecule has 11 heteroatoms. The summed E-state index contributed by atoms with van der Waals surface area (Å²) in [5, 5.41) is 54.2. The number of unbranched alkanes of at least 4 members (excludes halogenated alkanes) is 43. The Kier molecular flexibility index (Phi) is 62.9. The van der Waals surface area contributed by atoms with Gasteiger partial charge in [0.25, 0.3) is 0 Å². The summed E-state index contributed by atoms with van der Waals surface area (Å²) < 4.78 is 16.7. The van der Waals surface area contributed by atoms with Crippen molar-refractivity contribution in [1.29, 1.82) is 0 Å². The molecule has 0 bridgehead atoms. The molecule has 11 nitrogen and oxygen atoms in total. The Morgan fingerprint density at radius 2 is 0.809 bits per heavy atom. The Hall–Kier alpha value is -2.90. The van der Waals surface area contributed by atoms with Crippen LogP contribution in [0.15, 0.2) is 72.9 Å². The minimum Gasteiger partial charge on any atom is -0.466 e. The van der Waals surface area contributed by atoms with Crippen molar-refractivity contribution >= 4 is 11.9 Å². The number of amides is 1. The standard InChI is InChI=1S/C78H141NO10/c1-3-5-7-9-11-13-14-15-39-43-46-50-54-58-62-66-74(83)87-67-63-59-55-51-47-44-41-38-36-34-32-30-28-26-24-22-20-18-16-17-19-21-23-25-27-29-31-33-35-37-40-42-45-49-53-57-61-65-73(82)79-70(71(81)64-60-56-52-48-12-10-8-6-4-2)69-88-78-77(86)76(85)75(84)72(68-80)89-78/h4,6,12,15-16,18,22,24,39,48,60,64,70-72,75-78,80-81,84-86H,3,5,7-11,13-14,17,19-21,23,25-38,40-47,49-59,61-63,65-69H2,1-2H3,(H,79,82)/b6-4+,18-16-,24-22-,39-15-,48-12+,64-60+. The SMILES string of the molecule is C/C=C/CC/C=C/CC/C=C/C(O)C(COC1OC(CO)C(O)C(O)C1O)NC(=O)CCCCCCCCCCCCCCCCCCC/C=C\C/C=C\CCCCCCCCCCCCCCCOC(=O)CCCCCCC/C=C\CCCCCCCC. The summed E-state index contributed by atoms with van der Waals surface area (Å²) in [5.41, 5.74) is 0. The molecule has 7 unspecified atom stereocenters. The Balaban J connectivity index is 1.88. The summed E-state index contributed by atoms with van der Waals surface area (Å²) in [5.74, 6) is -0.192. The van der Waals surface area contributed by atoms with E-state index in [1.54, 1.807) is 6.08 Å². The number of carbonyl (C=O) groups excluding carboxylic acids is 2. The van der Waals surface area contributed by atoms with E-state index in [2.05, 4.69) is 66.9 Å². The van der Waals surface area contributed by atoms with Crippen LogP contribution in [0.1, 0.15) is 348 Å². The third kappa shape index (κ3) is 55.3. The maximum atomic E-state index is 13.0. The van der Waals surface area contributed by atoms with Gasteiger partial charge in [-0.15, -0.1) is 0 Å². The average Bonchev–Trinajstić information content (AvgIpc) is 2.38. The predicted molar refractivity (Wildman–Crippen MR) is 375 cm³/mol. The van der Waals surface area contributed by atoms with Crippen LogP contribution in [0, 0.1) is 0 Å². The molecule has 1 aliphatic heterocycles. The van der Waals surface area contributed by atoms with Crippen molar-refractivity contribution < 1.29 is 49.3 Å². The lowest BCUT2D eigenvalue weighted by Gasteiger charge is -2.40. The van der Waals surface area contributed by atoms with Crippen molar-refractivity contribution in [3.63, 3.8) is 0 Å². The zero-order valence-electron chi connectivity index (χ0n) is 57.6. The molecule has 1 fully saturated rings. The van der Waals surface area contributed by atoms with Gasteiger partial charge in [0.2, 0.25) is 5.91 Å². The summed E-state index contributed by atoms with van der Waals surface area (Å²) >= 11 is 0. The van der Waals surface area contributed by atoms with E-state index in [4.69, 9.17) is 14.2 Å². The number of esters is 1. The van der Waals surface area contributed by atoms with Crippen molar-refractivity contribution in [1.82, 2.24) is 5.32 Å². The van der Waals surface area contributed by atoms with Crippen LogP contribution >= 0.6 is 0 Å². The number of rotatable bonds is 66. The minimum atomic E-state index is -1.58. The lowest BCUT2D eigenvalue weighted by molar-refractivity contribution is -0.302.